The summed E-state index contributed by atoms with van der Waals surface area (Å²) in [6.07, 6.45) is 3.29. The monoisotopic (exact) mass is 432 g/mol. The first-order chi connectivity index (χ1) is 15.3. The maximum Gasteiger partial charge on any atom is 0.295 e. The lowest BCUT2D eigenvalue weighted by atomic mass is 9.94. The van der Waals surface area contributed by atoms with E-state index in [1.54, 1.807) is 56.2 Å². The van der Waals surface area contributed by atoms with Gasteiger partial charge in [0.2, 0.25) is 0 Å². The SMILES string of the molecule is COc1ccccc1[C@H]1/C(=C(\O)c2c(C)nn(C)c2C)C(=O)C(=O)N1Cc1cccnc1. The Hall–Kier alpha value is -3.94. The number of nitrogens with zero attached hydrogens (tertiary/aromatic N) is 4. The van der Waals surface area contributed by atoms with Crippen molar-refractivity contribution in [2.24, 2.45) is 7.05 Å². The number of pyridine rings is 1. The number of methoxy groups -OCH3 is 1. The number of para-hydroxylation sites is 1. The molecular formula is C24H24N4O4. The molecule has 0 saturated carbocycles. The summed E-state index contributed by atoms with van der Waals surface area (Å²) in [5, 5.41) is 15.7. The fourth-order valence-corrected chi connectivity index (χ4v) is 4.20. The van der Waals surface area contributed by atoms with Crippen LogP contribution in [0.25, 0.3) is 5.76 Å². The van der Waals surface area contributed by atoms with Crippen LogP contribution in [0, 0.1) is 13.8 Å². The third-order valence-electron chi connectivity index (χ3n) is 5.80. The summed E-state index contributed by atoms with van der Waals surface area (Å²) in [5.41, 5.74) is 3.10. The number of likely N-dealkylation sites (tertiary alicyclic amines) is 1. The first kappa shape index (κ1) is 21.3. The Bertz CT molecular complexity index is 1230. The van der Waals surface area contributed by atoms with E-state index < -0.39 is 17.7 Å². The molecule has 0 bridgehead atoms. The number of aryl methyl sites for hydroxylation is 2. The van der Waals surface area contributed by atoms with E-state index in [-0.39, 0.29) is 17.9 Å². The van der Waals surface area contributed by atoms with Crippen LogP contribution in [0.4, 0.5) is 0 Å². The van der Waals surface area contributed by atoms with Crippen LogP contribution >= 0.6 is 0 Å². The highest BCUT2D eigenvalue weighted by molar-refractivity contribution is 6.46. The van der Waals surface area contributed by atoms with E-state index in [0.717, 1.165) is 5.56 Å². The molecular weight excluding hydrogens is 408 g/mol. The maximum atomic E-state index is 13.2. The number of rotatable bonds is 5. The second-order valence-corrected chi connectivity index (χ2v) is 7.70. The molecule has 1 amide bonds. The van der Waals surface area contributed by atoms with Gasteiger partial charge in [0.25, 0.3) is 11.7 Å². The van der Waals surface area contributed by atoms with Crippen molar-refractivity contribution in [3.63, 3.8) is 0 Å². The number of hydrogen-bond donors (Lipinski definition) is 1. The molecule has 1 saturated heterocycles. The fourth-order valence-electron chi connectivity index (χ4n) is 4.20. The molecule has 32 heavy (non-hydrogen) atoms. The van der Waals surface area contributed by atoms with Gasteiger partial charge in [0.15, 0.2) is 0 Å². The van der Waals surface area contributed by atoms with Crippen molar-refractivity contribution in [3.8, 4) is 5.75 Å². The lowest BCUT2D eigenvalue weighted by Crippen LogP contribution is -2.29. The third-order valence-corrected chi connectivity index (χ3v) is 5.80. The van der Waals surface area contributed by atoms with Crippen molar-refractivity contribution in [2.45, 2.75) is 26.4 Å². The zero-order chi connectivity index (χ0) is 23.0. The molecule has 0 spiro atoms. The highest BCUT2D eigenvalue weighted by atomic mass is 16.5. The molecule has 1 atom stereocenters. The van der Waals surface area contributed by atoms with Gasteiger partial charge in [0, 0.05) is 37.2 Å². The minimum absolute atomic E-state index is 0.0163. The summed E-state index contributed by atoms with van der Waals surface area (Å²) in [7, 11) is 3.29. The second-order valence-electron chi connectivity index (χ2n) is 7.70. The molecule has 0 aliphatic carbocycles. The van der Waals surface area contributed by atoms with Crippen molar-refractivity contribution in [1.82, 2.24) is 19.7 Å². The van der Waals surface area contributed by atoms with E-state index in [9.17, 15) is 14.7 Å². The Morgan fingerprint density at radius 1 is 1.16 bits per heavy atom. The van der Waals surface area contributed by atoms with E-state index >= 15 is 0 Å². The zero-order valence-electron chi connectivity index (χ0n) is 18.4. The average Bonchev–Trinajstić information content (AvgIpc) is 3.20. The number of aromatic nitrogens is 3. The predicted octanol–water partition coefficient (Wildman–Crippen LogP) is 3.06. The molecule has 1 aliphatic heterocycles. The number of ketones is 1. The number of amides is 1. The highest BCUT2D eigenvalue weighted by Crippen LogP contribution is 2.43. The molecule has 1 aromatic carbocycles. The largest absolute Gasteiger partial charge is 0.507 e. The molecule has 1 fully saturated rings. The molecule has 4 rings (SSSR count). The Morgan fingerprint density at radius 2 is 1.91 bits per heavy atom. The van der Waals surface area contributed by atoms with Gasteiger partial charge in [-0.05, 0) is 31.5 Å². The summed E-state index contributed by atoms with van der Waals surface area (Å²) < 4.78 is 7.16. The first-order valence-corrected chi connectivity index (χ1v) is 10.2. The number of carbonyl (C=O) groups excluding carboxylic acids is 2. The average molecular weight is 432 g/mol. The molecule has 3 heterocycles. The minimum Gasteiger partial charge on any atom is -0.507 e. The van der Waals surface area contributed by atoms with Crippen molar-refractivity contribution in [2.75, 3.05) is 7.11 Å². The first-order valence-electron chi connectivity index (χ1n) is 10.2. The topological polar surface area (TPSA) is 97.5 Å². The van der Waals surface area contributed by atoms with Gasteiger partial charge >= 0.3 is 0 Å². The third kappa shape index (κ3) is 3.43. The van der Waals surface area contributed by atoms with Crippen LogP contribution in [0.2, 0.25) is 0 Å². The van der Waals surface area contributed by atoms with E-state index in [1.165, 1.54) is 12.0 Å². The van der Waals surface area contributed by atoms with E-state index in [4.69, 9.17) is 4.74 Å². The van der Waals surface area contributed by atoms with Crippen LogP contribution < -0.4 is 4.74 Å². The van der Waals surface area contributed by atoms with Gasteiger partial charge in [-0.15, -0.1) is 0 Å². The summed E-state index contributed by atoms with van der Waals surface area (Å²) in [6, 6.07) is 9.95. The molecule has 1 aliphatic rings. The Kier molecular flexibility index (Phi) is 5.52. The Labute approximate surface area is 185 Å². The number of ether oxygens (including phenoxy) is 1. The molecule has 8 heteroatoms. The maximum absolute atomic E-state index is 13.2. The van der Waals surface area contributed by atoms with Gasteiger partial charge in [0.05, 0.1) is 30.0 Å². The predicted molar refractivity (Wildman–Crippen MR) is 118 cm³/mol. The van der Waals surface area contributed by atoms with Crippen LogP contribution in [0.5, 0.6) is 5.75 Å². The van der Waals surface area contributed by atoms with Crippen molar-refractivity contribution in [1.29, 1.82) is 0 Å². The summed E-state index contributed by atoms with van der Waals surface area (Å²) in [6.45, 7) is 3.72. The zero-order valence-corrected chi connectivity index (χ0v) is 18.4. The number of aliphatic hydroxyl groups excluding tert-OH is 1. The van der Waals surface area contributed by atoms with Gasteiger partial charge in [-0.3, -0.25) is 19.3 Å². The van der Waals surface area contributed by atoms with Gasteiger partial charge in [-0.1, -0.05) is 24.3 Å². The normalized spacial score (nSPS) is 17.8. The summed E-state index contributed by atoms with van der Waals surface area (Å²) >= 11 is 0. The van der Waals surface area contributed by atoms with Crippen molar-refractivity contribution >= 4 is 17.4 Å². The second kappa shape index (κ2) is 8.30. The van der Waals surface area contributed by atoms with Crippen LogP contribution in [0.15, 0.2) is 54.4 Å². The fraction of sp³-hybridized carbons (Fsp3) is 0.250. The molecule has 1 N–H and O–H groups in total. The smallest absolute Gasteiger partial charge is 0.295 e. The van der Waals surface area contributed by atoms with Crippen LogP contribution in [0.3, 0.4) is 0 Å². The lowest BCUT2D eigenvalue weighted by molar-refractivity contribution is -0.140. The van der Waals surface area contributed by atoms with Gasteiger partial charge in [-0.25, -0.2) is 0 Å². The number of hydrogen-bond acceptors (Lipinski definition) is 6. The molecule has 0 radical (unpaired) electrons. The van der Waals surface area contributed by atoms with Gasteiger partial charge < -0.3 is 14.7 Å². The number of Topliss-reactive ketones (excluding diaryl/α,β-unsaturated/α-hetero) is 1. The van der Waals surface area contributed by atoms with Crippen molar-refractivity contribution in [3.05, 3.63) is 82.4 Å². The Balaban J connectivity index is 1.95. The number of benzene rings is 1. The standard InChI is InChI=1S/C24H24N4O4/c1-14-19(15(2)27(3)26-14)22(29)20-21(17-9-5-6-10-18(17)32-4)28(24(31)23(20)30)13-16-8-7-11-25-12-16/h5-12,21,29H,13H2,1-4H3/b22-20+/t21-/m0/s1. The summed E-state index contributed by atoms with van der Waals surface area (Å²) in [5.74, 6) is -1.16. The van der Waals surface area contributed by atoms with Gasteiger partial charge in [0.1, 0.15) is 11.5 Å². The van der Waals surface area contributed by atoms with E-state index in [0.29, 0.717) is 28.3 Å². The van der Waals surface area contributed by atoms with Crippen LogP contribution in [0.1, 0.15) is 34.1 Å². The molecule has 8 nitrogen and oxygen atoms in total. The summed E-state index contributed by atoms with van der Waals surface area (Å²) in [4.78, 5) is 32.0. The van der Waals surface area contributed by atoms with Crippen LogP contribution in [-0.4, -0.2) is 43.6 Å². The van der Waals surface area contributed by atoms with Crippen molar-refractivity contribution < 1.29 is 19.4 Å². The highest BCUT2D eigenvalue weighted by Gasteiger charge is 2.47. The molecule has 3 aromatic rings. The minimum atomic E-state index is -0.828. The number of carbonyl (C=O) groups is 2. The lowest BCUT2D eigenvalue weighted by Gasteiger charge is -2.26. The van der Waals surface area contributed by atoms with E-state index in [1.807, 2.05) is 18.2 Å². The number of aliphatic hydroxyl groups is 1. The Morgan fingerprint density at radius 3 is 2.53 bits per heavy atom. The van der Waals surface area contributed by atoms with Crippen LogP contribution in [-0.2, 0) is 23.2 Å². The quantitative estimate of drug-likeness (QED) is 0.378. The molecule has 164 valence electrons. The van der Waals surface area contributed by atoms with Gasteiger partial charge in [-0.2, -0.15) is 5.10 Å². The molecule has 2 aromatic heterocycles. The van der Waals surface area contributed by atoms with E-state index in [2.05, 4.69) is 10.1 Å². The molecule has 0 unspecified atom stereocenters.